The van der Waals surface area contributed by atoms with E-state index in [9.17, 15) is 0 Å². The summed E-state index contributed by atoms with van der Waals surface area (Å²) >= 11 is 0. The van der Waals surface area contributed by atoms with Crippen LogP contribution in [0.4, 0.5) is 0 Å². The summed E-state index contributed by atoms with van der Waals surface area (Å²) in [6, 6.07) is 0. The van der Waals surface area contributed by atoms with Crippen LogP contribution in [-0.2, 0) is 4.74 Å². The first-order valence-electron chi connectivity index (χ1n) is 7.17. The molecule has 0 aliphatic carbocycles. The minimum atomic E-state index is 0.483. The summed E-state index contributed by atoms with van der Waals surface area (Å²) in [4.78, 5) is 0. The third-order valence-corrected chi connectivity index (χ3v) is 4.63. The summed E-state index contributed by atoms with van der Waals surface area (Å²) in [5.41, 5.74) is 0.483. The fraction of sp³-hybridized carbons (Fsp3) is 1.00. The van der Waals surface area contributed by atoms with Crippen molar-refractivity contribution in [2.45, 2.75) is 63.8 Å². The number of ether oxygens (including phenoxy) is 1. The molecular weight excluding hydrogens is 198 g/mol. The molecule has 0 aromatic heterocycles. The molecule has 1 atom stereocenters. The number of hydrogen-bond acceptors (Lipinski definition) is 2. The Balaban J connectivity index is 1.77. The summed E-state index contributed by atoms with van der Waals surface area (Å²) < 4.78 is 5.43. The second kappa shape index (κ2) is 6.02. The molecule has 2 heterocycles. The van der Waals surface area contributed by atoms with Crippen LogP contribution in [0.5, 0.6) is 0 Å². The topological polar surface area (TPSA) is 21.3 Å². The SMILES string of the molecule is CCC1(CCC2CCOCC2)CCCCN1. The van der Waals surface area contributed by atoms with Gasteiger partial charge in [0.05, 0.1) is 0 Å². The van der Waals surface area contributed by atoms with Crippen molar-refractivity contribution in [1.82, 2.24) is 5.32 Å². The standard InChI is InChI=1S/C14H27NO/c1-2-14(8-3-4-10-15-14)9-5-13-6-11-16-12-7-13/h13,15H,2-12H2,1H3. The fourth-order valence-corrected chi connectivity index (χ4v) is 3.24. The first-order chi connectivity index (χ1) is 7.85. The zero-order valence-corrected chi connectivity index (χ0v) is 10.8. The molecule has 0 radical (unpaired) electrons. The van der Waals surface area contributed by atoms with Crippen LogP contribution in [0.1, 0.15) is 58.3 Å². The van der Waals surface area contributed by atoms with E-state index in [1.54, 1.807) is 0 Å². The van der Waals surface area contributed by atoms with Crippen LogP contribution in [-0.4, -0.2) is 25.3 Å². The molecule has 0 bridgehead atoms. The van der Waals surface area contributed by atoms with Crippen molar-refractivity contribution >= 4 is 0 Å². The lowest BCUT2D eigenvalue weighted by molar-refractivity contribution is 0.0588. The molecule has 0 saturated carbocycles. The van der Waals surface area contributed by atoms with Crippen molar-refractivity contribution in [3.05, 3.63) is 0 Å². The van der Waals surface area contributed by atoms with Crippen LogP contribution in [0.25, 0.3) is 0 Å². The van der Waals surface area contributed by atoms with Gasteiger partial charge in [-0.3, -0.25) is 0 Å². The van der Waals surface area contributed by atoms with Gasteiger partial charge >= 0.3 is 0 Å². The zero-order chi connectivity index (χ0) is 11.3. The van der Waals surface area contributed by atoms with Crippen molar-refractivity contribution in [2.75, 3.05) is 19.8 Å². The minimum absolute atomic E-state index is 0.483. The highest BCUT2D eigenvalue weighted by Gasteiger charge is 2.30. The maximum absolute atomic E-state index is 5.43. The normalized spacial score (nSPS) is 32.8. The molecule has 2 nitrogen and oxygen atoms in total. The number of piperidine rings is 1. The van der Waals surface area contributed by atoms with E-state index in [0.29, 0.717) is 5.54 Å². The molecule has 94 valence electrons. The van der Waals surface area contributed by atoms with E-state index in [1.165, 1.54) is 57.9 Å². The molecule has 0 spiro atoms. The monoisotopic (exact) mass is 225 g/mol. The average molecular weight is 225 g/mol. The molecule has 2 aliphatic heterocycles. The van der Waals surface area contributed by atoms with E-state index in [0.717, 1.165) is 19.1 Å². The number of hydrogen-bond donors (Lipinski definition) is 1. The Bertz CT molecular complexity index is 193. The highest BCUT2D eigenvalue weighted by atomic mass is 16.5. The van der Waals surface area contributed by atoms with Crippen molar-refractivity contribution in [2.24, 2.45) is 5.92 Å². The van der Waals surface area contributed by atoms with Crippen molar-refractivity contribution in [3.63, 3.8) is 0 Å². The summed E-state index contributed by atoms with van der Waals surface area (Å²) in [6.07, 6.45) is 10.9. The molecule has 16 heavy (non-hydrogen) atoms. The van der Waals surface area contributed by atoms with Gasteiger partial charge in [0, 0.05) is 18.8 Å². The second-order valence-electron chi connectivity index (χ2n) is 5.61. The Morgan fingerprint density at radius 3 is 2.69 bits per heavy atom. The smallest absolute Gasteiger partial charge is 0.0468 e. The van der Waals surface area contributed by atoms with Crippen LogP contribution in [0.2, 0.25) is 0 Å². The molecular formula is C14H27NO. The van der Waals surface area contributed by atoms with Gasteiger partial charge in [-0.1, -0.05) is 13.3 Å². The van der Waals surface area contributed by atoms with Gasteiger partial charge in [0.25, 0.3) is 0 Å². The lowest BCUT2D eigenvalue weighted by Crippen LogP contribution is -2.48. The molecule has 1 N–H and O–H groups in total. The third-order valence-electron chi connectivity index (χ3n) is 4.63. The van der Waals surface area contributed by atoms with Crippen LogP contribution < -0.4 is 5.32 Å². The molecule has 0 amide bonds. The van der Waals surface area contributed by atoms with Crippen LogP contribution >= 0.6 is 0 Å². The highest BCUT2D eigenvalue weighted by molar-refractivity contribution is 4.90. The Hall–Kier alpha value is -0.0800. The lowest BCUT2D eigenvalue weighted by atomic mass is 9.79. The van der Waals surface area contributed by atoms with Gasteiger partial charge in [-0.05, 0) is 57.4 Å². The van der Waals surface area contributed by atoms with Crippen molar-refractivity contribution < 1.29 is 4.74 Å². The van der Waals surface area contributed by atoms with E-state index < -0.39 is 0 Å². The van der Waals surface area contributed by atoms with E-state index >= 15 is 0 Å². The molecule has 2 heteroatoms. The highest BCUT2D eigenvalue weighted by Crippen LogP contribution is 2.31. The molecule has 2 rings (SSSR count). The average Bonchev–Trinajstić information content (AvgIpc) is 2.39. The van der Waals surface area contributed by atoms with Gasteiger partial charge in [-0.2, -0.15) is 0 Å². The van der Waals surface area contributed by atoms with Gasteiger partial charge in [-0.25, -0.2) is 0 Å². The summed E-state index contributed by atoms with van der Waals surface area (Å²) in [7, 11) is 0. The second-order valence-corrected chi connectivity index (χ2v) is 5.61. The van der Waals surface area contributed by atoms with Gasteiger partial charge in [-0.15, -0.1) is 0 Å². The Morgan fingerprint density at radius 1 is 1.25 bits per heavy atom. The van der Waals surface area contributed by atoms with E-state index in [-0.39, 0.29) is 0 Å². The fourth-order valence-electron chi connectivity index (χ4n) is 3.24. The molecule has 1 unspecified atom stereocenters. The third kappa shape index (κ3) is 3.21. The van der Waals surface area contributed by atoms with Crippen LogP contribution in [0.3, 0.4) is 0 Å². The predicted octanol–water partition coefficient (Wildman–Crippen LogP) is 3.12. The maximum atomic E-state index is 5.43. The van der Waals surface area contributed by atoms with Crippen molar-refractivity contribution in [3.8, 4) is 0 Å². The van der Waals surface area contributed by atoms with Crippen molar-refractivity contribution in [1.29, 1.82) is 0 Å². The Kier molecular flexibility index (Phi) is 4.66. The minimum Gasteiger partial charge on any atom is -0.381 e. The first kappa shape index (κ1) is 12.4. The van der Waals surface area contributed by atoms with Gasteiger partial charge in [0.15, 0.2) is 0 Å². The first-order valence-corrected chi connectivity index (χ1v) is 7.17. The molecule has 0 aromatic rings. The zero-order valence-electron chi connectivity index (χ0n) is 10.8. The molecule has 2 aliphatic rings. The summed E-state index contributed by atoms with van der Waals surface area (Å²) in [5, 5.41) is 3.79. The summed E-state index contributed by atoms with van der Waals surface area (Å²) in [6.45, 7) is 5.58. The lowest BCUT2D eigenvalue weighted by Gasteiger charge is -2.39. The van der Waals surface area contributed by atoms with Gasteiger partial charge in [0.2, 0.25) is 0 Å². The van der Waals surface area contributed by atoms with E-state index in [4.69, 9.17) is 4.74 Å². The molecule has 2 saturated heterocycles. The van der Waals surface area contributed by atoms with Crippen LogP contribution in [0.15, 0.2) is 0 Å². The Labute approximate surface area is 100 Å². The quantitative estimate of drug-likeness (QED) is 0.793. The maximum Gasteiger partial charge on any atom is 0.0468 e. The largest absolute Gasteiger partial charge is 0.381 e. The van der Waals surface area contributed by atoms with Gasteiger partial charge in [0.1, 0.15) is 0 Å². The molecule has 0 aromatic carbocycles. The number of nitrogens with one attached hydrogen (secondary N) is 1. The van der Waals surface area contributed by atoms with Crippen LogP contribution in [0, 0.1) is 5.92 Å². The summed E-state index contributed by atoms with van der Waals surface area (Å²) in [5.74, 6) is 0.931. The number of rotatable bonds is 4. The van der Waals surface area contributed by atoms with E-state index in [2.05, 4.69) is 12.2 Å². The predicted molar refractivity (Wildman–Crippen MR) is 67.7 cm³/mol. The van der Waals surface area contributed by atoms with Gasteiger partial charge < -0.3 is 10.1 Å². The Morgan fingerprint density at radius 2 is 2.06 bits per heavy atom. The molecule has 2 fully saturated rings. The van der Waals surface area contributed by atoms with E-state index in [1.807, 2.05) is 0 Å².